The van der Waals surface area contributed by atoms with Crippen molar-refractivity contribution < 1.29 is 0 Å². The molecule has 2 heterocycles. The van der Waals surface area contributed by atoms with Crippen molar-refractivity contribution in [1.29, 1.82) is 0 Å². The summed E-state index contributed by atoms with van der Waals surface area (Å²) in [5, 5.41) is 0. The van der Waals surface area contributed by atoms with Gasteiger partial charge in [0.25, 0.3) is 0 Å². The van der Waals surface area contributed by atoms with Gasteiger partial charge in [0.15, 0.2) is 0 Å². The van der Waals surface area contributed by atoms with E-state index in [1.807, 2.05) is 12.5 Å². The Labute approximate surface area is 73.0 Å². The molecule has 66 valence electrons. The normalized spacial score (nSPS) is 25.0. The second-order valence-corrected chi connectivity index (χ2v) is 3.68. The third-order valence-corrected chi connectivity index (χ3v) is 2.66. The molecule has 1 unspecified atom stereocenters. The third-order valence-electron chi connectivity index (χ3n) is 2.66. The molecule has 1 aromatic heterocycles. The summed E-state index contributed by atoms with van der Waals surface area (Å²) in [5.41, 5.74) is 1.37. The van der Waals surface area contributed by atoms with Crippen LogP contribution in [0, 0.1) is 0 Å². The van der Waals surface area contributed by atoms with E-state index in [0.717, 1.165) is 0 Å². The van der Waals surface area contributed by atoms with Gasteiger partial charge in [-0.2, -0.15) is 0 Å². The maximum absolute atomic E-state index is 4.14. The summed E-state index contributed by atoms with van der Waals surface area (Å²) in [5.74, 6) is 0.697. The lowest BCUT2D eigenvalue weighted by molar-refractivity contribution is 0.410. The summed E-state index contributed by atoms with van der Waals surface area (Å²) < 4.78 is 2.13. The predicted octanol–water partition coefficient (Wildman–Crippen LogP) is 0.839. The van der Waals surface area contributed by atoms with Gasteiger partial charge in [0.2, 0.25) is 0 Å². The summed E-state index contributed by atoms with van der Waals surface area (Å²) in [4.78, 5) is 6.51. The summed E-state index contributed by atoms with van der Waals surface area (Å²) >= 11 is 0. The molecule has 12 heavy (non-hydrogen) atoms. The average molecular weight is 165 g/mol. The Morgan fingerprint density at radius 3 is 2.83 bits per heavy atom. The van der Waals surface area contributed by atoms with Crippen molar-refractivity contribution in [2.24, 2.45) is 7.05 Å². The van der Waals surface area contributed by atoms with Gasteiger partial charge in [0, 0.05) is 31.4 Å². The van der Waals surface area contributed by atoms with Gasteiger partial charge >= 0.3 is 0 Å². The third kappa shape index (κ3) is 1.25. The molecule has 1 saturated heterocycles. The molecule has 0 aliphatic carbocycles. The van der Waals surface area contributed by atoms with E-state index in [9.17, 15) is 0 Å². The van der Waals surface area contributed by atoms with Gasteiger partial charge in [0.05, 0.1) is 6.33 Å². The van der Waals surface area contributed by atoms with Crippen LogP contribution >= 0.6 is 0 Å². The number of likely N-dealkylation sites (N-methyl/N-ethyl adjacent to an activating group) is 1. The summed E-state index contributed by atoms with van der Waals surface area (Å²) in [7, 11) is 4.25. The molecule has 2 rings (SSSR count). The quantitative estimate of drug-likeness (QED) is 0.615. The highest BCUT2D eigenvalue weighted by atomic mass is 15.1. The highest BCUT2D eigenvalue weighted by Gasteiger charge is 2.22. The van der Waals surface area contributed by atoms with Gasteiger partial charge < -0.3 is 9.47 Å². The molecule has 1 aromatic rings. The Morgan fingerprint density at radius 2 is 2.33 bits per heavy atom. The van der Waals surface area contributed by atoms with E-state index in [0.29, 0.717) is 5.92 Å². The summed E-state index contributed by atoms with van der Waals surface area (Å²) in [6.45, 7) is 2.40. The van der Waals surface area contributed by atoms with Crippen LogP contribution in [0.1, 0.15) is 18.0 Å². The van der Waals surface area contributed by atoms with E-state index in [4.69, 9.17) is 0 Å². The van der Waals surface area contributed by atoms with Crippen LogP contribution < -0.4 is 0 Å². The zero-order valence-corrected chi connectivity index (χ0v) is 7.70. The summed E-state index contributed by atoms with van der Waals surface area (Å²) in [6.07, 6.45) is 5.15. The number of hydrogen-bond donors (Lipinski definition) is 0. The standard InChI is InChI=1S/C9H15N3/c1-11-4-3-8(6-11)9-5-10-7-12(9)2/h5,7-8H,3-4,6H2,1-2H3. The van der Waals surface area contributed by atoms with Crippen molar-refractivity contribution in [3.05, 3.63) is 18.2 Å². The van der Waals surface area contributed by atoms with Gasteiger partial charge in [-0.15, -0.1) is 0 Å². The van der Waals surface area contributed by atoms with Crippen molar-refractivity contribution in [2.45, 2.75) is 12.3 Å². The van der Waals surface area contributed by atoms with Crippen LogP contribution in [0.4, 0.5) is 0 Å². The molecule has 0 aromatic carbocycles. The Morgan fingerprint density at radius 1 is 1.50 bits per heavy atom. The fourth-order valence-electron chi connectivity index (χ4n) is 1.94. The van der Waals surface area contributed by atoms with E-state index in [1.54, 1.807) is 0 Å². The molecular formula is C9H15N3. The molecular weight excluding hydrogens is 150 g/mol. The second kappa shape index (κ2) is 2.90. The summed E-state index contributed by atoms with van der Waals surface area (Å²) in [6, 6.07) is 0. The van der Waals surface area contributed by atoms with Crippen LogP contribution in [-0.2, 0) is 7.05 Å². The van der Waals surface area contributed by atoms with Crippen LogP contribution in [0.3, 0.4) is 0 Å². The van der Waals surface area contributed by atoms with Crippen molar-refractivity contribution in [3.8, 4) is 0 Å². The number of aromatic nitrogens is 2. The van der Waals surface area contributed by atoms with Crippen molar-refractivity contribution in [1.82, 2.24) is 14.5 Å². The van der Waals surface area contributed by atoms with Gasteiger partial charge in [-0.05, 0) is 20.0 Å². The van der Waals surface area contributed by atoms with Crippen LogP contribution in [0.15, 0.2) is 12.5 Å². The van der Waals surface area contributed by atoms with Crippen LogP contribution in [0.2, 0.25) is 0 Å². The first-order valence-electron chi connectivity index (χ1n) is 4.42. The molecule has 0 amide bonds. The van der Waals surface area contributed by atoms with E-state index >= 15 is 0 Å². The Balaban J connectivity index is 2.16. The molecule has 1 fully saturated rings. The molecule has 1 aliphatic heterocycles. The maximum Gasteiger partial charge on any atom is 0.0945 e. The van der Waals surface area contributed by atoms with Crippen LogP contribution in [0.5, 0.6) is 0 Å². The second-order valence-electron chi connectivity index (χ2n) is 3.68. The van der Waals surface area contributed by atoms with Gasteiger partial charge in [-0.3, -0.25) is 0 Å². The molecule has 0 spiro atoms. The fraction of sp³-hybridized carbons (Fsp3) is 0.667. The lowest BCUT2D eigenvalue weighted by atomic mass is 10.1. The Kier molecular flexibility index (Phi) is 1.89. The number of hydrogen-bond acceptors (Lipinski definition) is 2. The molecule has 0 N–H and O–H groups in total. The molecule has 3 nitrogen and oxygen atoms in total. The maximum atomic E-state index is 4.14. The first-order valence-corrected chi connectivity index (χ1v) is 4.42. The molecule has 3 heteroatoms. The predicted molar refractivity (Wildman–Crippen MR) is 48.1 cm³/mol. The van der Waals surface area contributed by atoms with Crippen molar-refractivity contribution in [3.63, 3.8) is 0 Å². The number of likely N-dealkylation sites (tertiary alicyclic amines) is 1. The van der Waals surface area contributed by atoms with Gasteiger partial charge in [-0.25, -0.2) is 4.98 Å². The SMILES string of the molecule is CN1CCC(c2cncn2C)C1. The molecule has 1 aliphatic rings. The number of rotatable bonds is 1. The first kappa shape index (κ1) is 7.80. The Bertz CT molecular complexity index is 266. The molecule has 1 atom stereocenters. The first-order chi connectivity index (χ1) is 5.77. The largest absolute Gasteiger partial charge is 0.337 e. The highest BCUT2D eigenvalue weighted by molar-refractivity contribution is 5.08. The lowest BCUT2D eigenvalue weighted by Gasteiger charge is -2.10. The smallest absolute Gasteiger partial charge is 0.0945 e. The number of imidazole rings is 1. The molecule has 0 saturated carbocycles. The van der Waals surface area contributed by atoms with E-state index in [-0.39, 0.29) is 0 Å². The fourth-order valence-corrected chi connectivity index (χ4v) is 1.94. The van der Waals surface area contributed by atoms with Crippen LogP contribution in [0.25, 0.3) is 0 Å². The van der Waals surface area contributed by atoms with Gasteiger partial charge in [-0.1, -0.05) is 0 Å². The topological polar surface area (TPSA) is 21.1 Å². The van der Waals surface area contributed by atoms with Crippen molar-refractivity contribution >= 4 is 0 Å². The Hall–Kier alpha value is -0.830. The zero-order chi connectivity index (χ0) is 8.55. The highest BCUT2D eigenvalue weighted by Crippen LogP contribution is 2.24. The zero-order valence-electron chi connectivity index (χ0n) is 7.70. The minimum Gasteiger partial charge on any atom is -0.337 e. The monoisotopic (exact) mass is 165 g/mol. The minimum atomic E-state index is 0.697. The number of nitrogens with zero attached hydrogens (tertiary/aromatic N) is 3. The molecule has 0 bridgehead atoms. The number of aryl methyl sites for hydroxylation is 1. The molecule has 0 radical (unpaired) electrons. The van der Waals surface area contributed by atoms with E-state index < -0.39 is 0 Å². The van der Waals surface area contributed by atoms with E-state index in [2.05, 4.69) is 28.5 Å². The van der Waals surface area contributed by atoms with E-state index in [1.165, 1.54) is 25.2 Å². The average Bonchev–Trinajstić information content (AvgIpc) is 2.58. The lowest BCUT2D eigenvalue weighted by Crippen LogP contribution is -2.14. The van der Waals surface area contributed by atoms with Crippen molar-refractivity contribution in [2.75, 3.05) is 20.1 Å². The van der Waals surface area contributed by atoms with Gasteiger partial charge in [0.1, 0.15) is 0 Å². The minimum absolute atomic E-state index is 0.697. The van der Waals surface area contributed by atoms with Crippen LogP contribution in [-0.4, -0.2) is 34.6 Å².